The molecule has 0 aliphatic carbocycles. The highest BCUT2D eigenvalue weighted by Crippen LogP contribution is 2.28. The predicted octanol–water partition coefficient (Wildman–Crippen LogP) is 2.84. The molecule has 0 amide bonds. The van der Waals surface area contributed by atoms with E-state index in [0.29, 0.717) is 37.2 Å². The molecule has 1 aliphatic heterocycles. The average molecular weight is 340 g/mol. The number of aliphatic carboxylic acids is 1. The smallest absolute Gasteiger partial charge is 0.306 e. The number of carboxylic acids is 1. The molecule has 0 radical (unpaired) electrons. The molecule has 0 atom stereocenters. The molecule has 3 aromatic rings. The lowest BCUT2D eigenvalue weighted by atomic mass is 9.97. The topological polar surface area (TPSA) is 70.7 Å². The first kappa shape index (κ1) is 15.6. The summed E-state index contributed by atoms with van der Waals surface area (Å²) in [5.74, 6) is -0.544. The Kier molecular flexibility index (Phi) is 3.83. The summed E-state index contributed by atoms with van der Waals surface area (Å²) in [7, 11) is 0. The maximum absolute atomic E-state index is 13.5. The maximum Gasteiger partial charge on any atom is 0.306 e. The van der Waals surface area contributed by atoms with Crippen molar-refractivity contribution < 1.29 is 14.3 Å². The molecule has 6 nitrogen and oxygen atoms in total. The lowest BCUT2D eigenvalue weighted by Crippen LogP contribution is -2.37. The van der Waals surface area contributed by atoms with Gasteiger partial charge in [-0.3, -0.25) is 4.79 Å². The Morgan fingerprint density at radius 2 is 2.04 bits per heavy atom. The van der Waals surface area contributed by atoms with E-state index < -0.39 is 5.97 Å². The van der Waals surface area contributed by atoms with E-state index in [4.69, 9.17) is 5.11 Å². The van der Waals surface area contributed by atoms with Gasteiger partial charge >= 0.3 is 5.97 Å². The Labute approximate surface area is 143 Å². The number of nitrogens with zero attached hydrogens (tertiary/aromatic N) is 4. The van der Waals surface area contributed by atoms with Crippen LogP contribution in [0.4, 0.5) is 10.2 Å². The van der Waals surface area contributed by atoms with Gasteiger partial charge in [-0.1, -0.05) is 12.1 Å². The fourth-order valence-corrected chi connectivity index (χ4v) is 3.28. The third kappa shape index (κ3) is 2.93. The number of benzene rings is 1. The number of rotatable bonds is 3. The Bertz CT molecular complexity index is 932. The fourth-order valence-electron chi connectivity index (χ4n) is 3.28. The molecule has 0 unspecified atom stereocenters. The van der Waals surface area contributed by atoms with Crippen LogP contribution in [0.15, 0.2) is 42.7 Å². The summed E-state index contributed by atoms with van der Waals surface area (Å²) in [6.45, 7) is 1.29. The van der Waals surface area contributed by atoms with Gasteiger partial charge in [0.15, 0.2) is 5.82 Å². The minimum atomic E-state index is -0.733. The molecule has 0 spiro atoms. The quantitative estimate of drug-likeness (QED) is 0.794. The highest BCUT2D eigenvalue weighted by molar-refractivity contribution is 5.76. The number of hydrogen-bond acceptors (Lipinski definition) is 4. The summed E-state index contributed by atoms with van der Waals surface area (Å²) >= 11 is 0. The van der Waals surface area contributed by atoms with E-state index in [9.17, 15) is 9.18 Å². The highest BCUT2D eigenvalue weighted by Gasteiger charge is 2.26. The number of halogens is 1. The average Bonchev–Trinajstić information content (AvgIpc) is 3.06. The third-order valence-electron chi connectivity index (χ3n) is 4.63. The zero-order valence-electron chi connectivity index (χ0n) is 13.5. The van der Waals surface area contributed by atoms with Gasteiger partial charge in [0.05, 0.1) is 11.6 Å². The van der Waals surface area contributed by atoms with Crippen molar-refractivity contribution in [2.24, 2.45) is 5.92 Å². The first-order chi connectivity index (χ1) is 12.1. The van der Waals surface area contributed by atoms with E-state index in [0.717, 1.165) is 11.3 Å². The molecular weight excluding hydrogens is 323 g/mol. The van der Waals surface area contributed by atoms with Crippen LogP contribution in [0.1, 0.15) is 12.8 Å². The SMILES string of the molecule is O=C(O)C1CCN(c2nccn3nc(-c4cccc(F)c4)cc23)CC1. The minimum absolute atomic E-state index is 0.288. The molecule has 1 aromatic carbocycles. The van der Waals surface area contributed by atoms with Gasteiger partial charge in [0, 0.05) is 31.0 Å². The van der Waals surface area contributed by atoms with Crippen LogP contribution in [0, 0.1) is 11.7 Å². The molecule has 4 rings (SSSR count). The van der Waals surface area contributed by atoms with Crippen LogP contribution in [0.3, 0.4) is 0 Å². The highest BCUT2D eigenvalue weighted by atomic mass is 19.1. The second kappa shape index (κ2) is 6.16. The van der Waals surface area contributed by atoms with Gasteiger partial charge in [0.1, 0.15) is 11.3 Å². The van der Waals surface area contributed by atoms with Gasteiger partial charge < -0.3 is 10.0 Å². The van der Waals surface area contributed by atoms with Crippen LogP contribution in [-0.4, -0.2) is 38.8 Å². The van der Waals surface area contributed by atoms with Crippen molar-refractivity contribution in [3.8, 4) is 11.3 Å². The molecule has 2 aromatic heterocycles. The minimum Gasteiger partial charge on any atom is -0.481 e. The summed E-state index contributed by atoms with van der Waals surface area (Å²) in [6, 6.07) is 8.22. The van der Waals surface area contributed by atoms with Crippen molar-refractivity contribution in [1.29, 1.82) is 0 Å². The predicted molar refractivity (Wildman–Crippen MR) is 91.0 cm³/mol. The second-order valence-corrected chi connectivity index (χ2v) is 6.22. The number of hydrogen-bond donors (Lipinski definition) is 1. The molecule has 0 bridgehead atoms. The molecular formula is C18H17FN4O2. The zero-order valence-corrected chi connectivity index (χ0v) is 13.5. The normalized spacial score (nSPS) is 15.6. The molecule has 1 aliphatic rings. The summed E-state index contributed by atoms with van der Waals surface area (Å²) in [6.07, 6.45) is 4.63. The van der Waals surface area contributed by atoms with Gasteiger partial charge in [-0.05, 0) is 31.0 Å². The standard InChI is InChI=1S/C18H17FN4O2/c19-14-3-1-2-13(10-14)15-11-16-17(20-6-9-23(16)21-15)22-7-4-12(5-8-22)18(24)25/h1-3,6,9-12H,4-5,7-8H2,(H,24,25). The Morgan fingerprint density at radius 3 is 2.76 bits per heavy atom. The van der Waals surface area contributed by atoms with Crippen LogP contribution in [0.5, 0.6) is 0 Å². The van der Waals surface area contributed by atoms with E-state index in [1.807, 2.05) is 12.1 Å². The fraction of sp³-hybridized carbons (Fsp3) is 0.278. The van der Waals surface area contributed by atoms with Crippen LogP contribution in [0.2, 0.25) is 0 Å². The van der Waals surface area contributed by atoms with Crippen molar-refractivity contribution in [1.82, 2.24) is 14.6 Å². The molecule has 1 saturated heterocycles. The van der Waals surface area contributed by atoms with E-state index in [1.54, 1.807) is 23.0 Å². The number of aromatic nitrogens is 3. The number of carbonyl (C=O) groups is 1. The number of carboxylic acid groups (broad SMARTS) is 1. The van der Waals surface area contributed by atoms with Crippen LogP contribution in [0.25, 0.3) is 16.8 Å². The van der Waals surface area contributed by atoms with Gasteiger partial charge in [0.2, 0.25) is 0 Å². The molecule has 7 heteroatoms. The third-order valence-corrected chi connectivity index (χ3v) is 4.63. The Hall–Kier alpha value is -2.96. The Morgan fingerprint density at radius 1 is 1.24 bits per heavy atom. The lowest BCUT2D eigenvalue weighted by molar-refractivity contribution is -0.142. The first-order valence-corrected chi connectivity index (χ1v) is 8.20. The summed E-state index contributed by atoms with van der Waals surface area (Å²) < 4.78 is 15.2. The number of anilines is 1. The Balaban J connectivity index is 1.68. The van der Waals surface area contributed by atoms with Crippen LogP contribution in [-0.2, 0) is 4.79 Å². The first-order valence-electron chi connectivity index (χ1n) is 8.20. The van der Waals surface area contributed by atoms with Gasteiger partial charge in [0.25, 0.3) is 0 Å². The summed E-state index contributed by atoms with van der Waals surface area (Å²) in [5.41, 5.74) is 2.21. The van der Waals surface area contributed by atoms with Crippen LogP contribution < -0.4 is 4.90 Å². The van der Waals surface area contributed by atoms with Crippen LogP contribution >= 0.6 is 0 Å². The largest absolute Gasteiger partial charge is 0.481 e. The molecule has 25 heavy (non-hydrogen) atoms. The van der Waals surface area contributed by atoms with Crippen molar-refractivity contribution in [3.63, 3.8) is 0 Å². The zero-order chi connectivity index (χ0) is 17.4. The van der Waals surface area contributed by atoms with Gasteiger partial charge in [-0.2, -0.15) is 5.10 Å². The van der Waals surface area contributed by atoms with E-state index in [2.05, 4.69) is 15.0 Å². The van der Waals surface area contributed by atoms with Gasteiger partial charge in [-0.25, -0.2) is 13.9 Å². The lowest BCUT2D eigenvalue weighted by Gasteiger charge is -2.31. The number of fused-ring (bicyclic) bond motifs is 1. The monoisotopic (exact) mass is 340 g/mol. The summed E-state index contributed by atoms with van der Waals surface area (Å²) in [5, 5.41) is 13.7. The van der Waals surface area contributed by atoms with Crippen molar-refractivity contribution in [2.45, 2.75) is 12.8 Å². The van der Waals surface area contributed by atoms with E-state index in [-0.39, 0.29) is 11.7 Å². The molecule has 3 heterocycles. The molecule has 1 N–H and O–H groups in total. The molecule has 128 valence electrons. The second-order valence-electron chi connectivity index (χ2n) is 6.22. The van der Waals surface area contributed by atoms with E-state index >= 15 is 0 Å². The van der Waals surface area contributed by atoms with E-state index in [1.165, 1.54) is 12.1 Å². The van der Waals surface area contributed by atoms with Crippen molar-refractivity contribution in [3.05, 3.63) is 48.5 Å². The maximum atomic E-state index is 13.5. The molecule has 0 saturated carbocycles. The molecule has 1 fully saturated rings. The summed E-state index contributed by atoms with van der Waals surface area (Å²) in [4.78, 5) is 17.7. The van der Waals surface area contributed by atoms with Gasteiger partial charge in [-0.15, -0.1) is 0 Å². The van der Waals surface area contributed by atoms with Crippen molar-refractivity contribution in [2.75, 3.05) is 18.0 Å². The number of piperidine rings is 1. The van der Waals surface area contributed by atoms with Crippen molar-refractivity contribution >= 4 is 17.3 Å².